The van der Waals surface area contributed by atoms with Crippen LogP contribution in [0.3, 0.4) is 0 Å². The number of aromatic nitrogens is 5. The van der Waals surface area contributed by atoms with Crippen LogP contribution in [0.2, 0.25) is 0 Å². The highest BCUT2D eigenvalue weighted by Gasteiger charge is 2.54. The van der Waals surface area contributed by atoms with Gasteiger partial charge in [-0.25, -0.2) is 14.5 Å². The van der Waals surface area contributed by atoms with Gasteiger partial charge in [0, 0.05) is 16.9 Å². The number of β-lactam (4-membered cyclic amide) rings is 1. The lowest BCUT2D eigenvalue weighted by molar-refractivity contribution is -0.150. The number of carboxylic acids is 1. The van der Waals surface area contributed by atoms with E-state index in [1.165, 1.54) is 33.6 Å². The predicted octanol–water partition coefficient (Wildman–Crippen LogP) is -0.397. The quantitative estimate of drug-likeness (QED) is 0.0739. The average molecular weight is 578 g/mol. The SMILES string of the molecule is C#CCn1nnnc1SCC1=C(C(=O)O)N2C(=O)C(NC(=O)/C(=N\OCC)c3csc(NC=O)n3)[C@H]2SC1. The number of anilines is 1. The number of thiazole rings is 1. The Hall–Kier alpha value is -3.95. The minimum atomic E-state index is -1.26. The van der Waals surface area contributed by atoms with Crippen molar-refractivity contribution in [3.63, 3.8) is 0 Å². The van der Waals surface area contributed by atoms with E-state index in [2.05, 4.69) is 42.2 Å². The molecule has 4 rings (SSSR count). The van der Waals surface area contributed by atoms with Gasteiger partial charge < -0.3 is 20.6 Å². The lowest BCUT2D eigenvalue weighted by Gasteiger charge is -2.49. The molecule has 1 fully saturated rings. The summed E-state index contributed by atoms with van der Waals surface area (Å²) in [5.74, 6) is 0.386. The monoisotopic (exact) mass is 577 g/mol. The summed E-state index contributed by atoms with van der Waals surface area (Å²) < 4.78 is 1.41. The number of nitrogens with one attached hydrogen (secondary N) is 2. The van der Waals surface area contributed by atoms with Gasteiger partial charge in [0.05, 0.1) is 0 Å². The molecule has 1 saturated heterocycles. The van der Waals surface area contributed by atoms with Gasteiger partial charge in [-0.3, -0.25) is 19.3 Å². The predicted molar refractivity (Wildman–Crippen MR) is 137 cm³/mol. The largest absolute Gasteiger partial charge is 0.477 e. The third-order valence-corrected chi connectivity index (χ3v) is 8.24. The fourth-order valence-corrected chi connectivity index (χ4v) is 6.49. The Kier molecular flexibility index (Phi) is 8.60. The van der Waals surface area contributed by atoms with Crippen LogP contribution in [0.5, 0.6) is 0 Å². The Morgan fingerprint density at radius 3 is 3.00 bits per heavy atom. The molecule has 0 aromatic carbocycles. The summed E-state index contributed by atoms with van der Waals surface area (Å²) in [7, 11) is 0. The normalized spacial score (nSPS) is 18.8. The van der Waals surface area contributed by atoms with Crippen LogP contribution in [0.4, 0.5) is 5.13 Å². The van der Waals surface area contributed by atoms with Gasteiger partial charge in [-0.2, -0.15) is 0 Å². The van der Waals surface area contributed by atoms with Crippen molar-refractivity contribution in [2.45, 2.75) is 30.0 Å². The number of carbonyl (C=O) groups is 4. The number of aliphatic carboxylic acids is 1. The summed E-state index contributed by atoms with van der Waals surface area (Å²) in [5.41, 5.74) is 0.321. The van der Waals surface area contributed by atoms with E-state index < -0.39 is 29.2 Å². The minimum absolute atomic E-state index is 0.139. The first-order valence-electron chi connectivity index (χ1n) is 10.8. The topological polar surface area (TPSA) is 194 Å². The van der Waals surface area contributed by atoms with Crippen LogP contribution in [0, 0.1) is 12.3 Å². The molecule has 0 spiro atoms. The molecular formula is C20H19N9O6S3. The van der Waals surface area contributed by atoms with Crippen molar-refractivity contribution in [1.82, 2.24) is 35.4 Å². The lowest BCUT2D eigenvalue weighted by atomic mass is 10.0. The molecule has 2 aliphatic rings. The Morgan fingerprint density at radius 1 is 1.47 bits per heavy atom. The molecule has 198 valence electrons. The van der Waals surface area contributed by atoms with Crippen molar-refractivity contribution in [2.75, 3.05) is 23.4 Å². The van der Waals surface area contributed by atoms with Crippen molar-refractivity contribution < 1.29 is 29.1 Å². The van der Waals surface area contributed by atoms with E-state index in [1.807, 2.05) is 0 Å². The summed E-state index contributed by atoms with van der Waals surface area (Å²) in [4.78, 5) is 59.2. The second kappa shape index (κ2) is 12.1. The number of fused-ring (bicyclic) bond motifs is 1. The first-order valence-corrected chi connectivity index (χ1v) is 13.7. The summed E-state index contributed by atoms with van der Waals surface area (Å²) >= 11 is 3.59. The van der Waals surface area contributed by atoms with E-state index >= 15 is 0 Å². The number of oxime groups is 1. The number of carbonyl (C=O) groups excluding carboxylic acids is 3. The molecule has 1 unspecified atom stereocenters. The van der Waals surface area contributed by atoms with Crippen molar-refractivity contribution in [3.8, 4) is 12.3 Å². The van der Waals surface area contributed by atoms with Gasteiger partial charge >= 0.3 is 5.97 Å². The highest BCUT2D eigenvalue weighted by molar-refractivity contribution is 8.01. The van der Waals surface area contributed by atoms with Crippen molar-refractivity contribution in [2.24, 2.45) is 5.16 Å². The molecule has 18 heteroatoms. The molecule has 4 heterocycles. The zero-order chi connectivity index (χ0) is 27.2. The van der Waals surface area contributed by atoms with Crippen LogP contribution in [0.1, 0.15) is 12.6 Å². The molecular weight excluding hydrogens is 558 g/mol. The van der Waals surface area contributed by atoms with Crippen LogP contribution in [-0.2, 0) is 30.6 Å². The minimum Gasteiger partial charge on any atom is -0.477 e. The van der Waals surface area contributed by atoms with Crippen molar-refractivity contribution in [1.29, 1.82) is 0 Å². The Labute approximate surface area is 227 Å². The van der Waals surface area contributed by atoms with Gasteiger partial charge in [0.2, 0.25) is 11.6 Å². The molecule has 2 aromatic rings. The van der Waals surface area contributed by atoms with E-state index in [4.69, 9.17) is 11.3 Å². The number of nitrogens with zero attached hydrogens (tertiary/aromatic N) is 7. The molecule has 2 aromatic heterocycles. The molecule has 3 N–H and O–H groups in total. The van der Waals surface area contributed by atoms with Crippen LogP contribution < -0.4 is 10.6 Å². The van der Waals surface area contributed by atoms with Gasteiger partial charge in [0.25, 0.3) is 11.8 Å². The van der Waals surface area contributed by atoms with E-state index in [9.17, 15) is 24.3 Å². The Balaban J connectivity index is 1.48. The number of hydrogen-bond acceptors (Lipinski definition) is 13. The van der Waals surface area contributed by atoms with Gasteiger partial charge in [-0.15, -0.1) is 34.6 Å². The van der Waals surface area contributed by atoms with E-state index in [-0.39, 0.29) is 41.1 Å². The highest BCUT2D eigenvalue weighted by Crippen LogP contribution is 2.41. The van der Waals surface area contributed by atoms with Crippen LogP contribution >= 0.6 is 34.9 Å². The van der Waals surface area contributed by atoms with E-state index in [0.717, 1.165) is 16.2 Å². The number of thioether (sulfide) groups is 2. The molecule has 0 bridgehead atoms. The molecule has 15 nitrogen and oxygen atoms in total. The molecule has 3 amide bonds. The molecule has 0 aliphatic carbocycles. The van der Waals surface area contributed by atoms with Gasteiger partial charge in [-0.05, 0) is 22.9 Å². The summed E-state index contributed by atoms with van der Waals surface area (Å²) in [6.07, 6.45) is 5.76. The fourth-order valence-electron chi connectivity index (χ4n) is 3.47. The third kappa shape index (κ3) is 5.49. The summed E-state index contributed by atoms with van der Waals surface area (Å²) in [6.45, 7) is 2.02. The van der Waals surface area contributed by atoms with Gasteiger partial charge in [0.15, 0.2) is 10.8 Å². The Morgan fingerprint density at radius 2 is 2.29 bits per heavy atom. The zero-order valence-electron chi connectivity index (χ0n) is 19.6. The van der Waals surface area contributed by atoms with Gasteiger partial charge in [0.1, 0.15) is 36.0 Å². The Bertz CT molecular complexity index is 1360. The molecule has 2 aliphatic heterocycles. The van der Waals surface area contributed by atoms with E-state index in [0.29, 0.717) is 22.9 Å². The zero-order valence-corrected chi connectivity index (χ0v) is 22.0. The number of rotatable bonds is 12. The molecule has 0 saturated carbocycles. The molecule has 2 atom stereocenters. The average Bonchev–Trinajstić information content (AvgIpc) is 3.55. The number of terminal acetylenes is 1. The second-order valence-corrected chi connectivity index (χ2v) is 10.3. The maximum atomic E-state index is 13.0. The van der Waals surface area contributed by atoms with Crippen molar-refractivity contribution in [3.05, 3.63) is 22.3 Å². The summed E-state index contributed by atoms with van der Waals surface area (Å²) in [6, 6.07) is -0.989. The number of hydrogen-bond donors (Lipinski definition) is 3. The first-order chi connectivity index (χ1) is 18.4. The first kappa shape index (κ1) is 27.1. The second-order valence-electron chi connectivity index (χ2n) is 7.39. The van der Waals surface area contributed by atoms with Gasteiger partial charge in [-0.1, -0.05) is 22.8 Å². The van der Waals surface area contributed by atoms with E-state index in [1.54, 1.807) is 6.92 Å². The summed E-state index contributed by atoms with van der Waals surface area (Å²) in [5, 5.41) is 31.5. The van der Waals surface area contributed by atoms with Crippen LogP contribution in [-0.4, -0.2) is 94.6 Å². The maximum Gasteiger partial charge on any atom is 0.352 e. The van der Waals surface area contributed by atoms with Crippen molar-refractivity contribution >= 4 is 69.9 Å². The fraction of sp³-hybridized carbons (Fsp3) is 0.350. The number of amides is 3. The number of tetrazole rings is 1. The standard InChI is InChI=1S/C20H19N9O6S3/c1-3-5-28-20(24-26-27-28)38-7-10-6-36-17-13(16(32)29(17)14(10)18(33)34)23-15(31)12(25-35-4-2)11-8-37-19(22-11)21-9-30/h1,8-9,13,17H,4-7H2,2H3,(H,23,31)(H,33,34)(H,21,22,30)/b25-12-/t13?,17-/m1/s1. The maximum absolute atomic E-state index is 13.0. The van der Waals surface area contributed by atoms with Crippen LogP contribution in [0.15, 0.2) is 27.0 Å². The highest BCUT2D eigenvalue weighted by atomic mass is 32.2. The lowest BCUT2D eigenvalue weighted by Crippen LogP contribution is -2.71. The smallest absolute Gasteiger partial charge is 0.352 e. The van der Waals surface area contributed by atoms with Crippen LogP contribution in [0.25, 0.3) is 0 Å². The number of carboxylic acid groups (broad SMARTS) is 1. The molecule has 0 radical (unpaired) electrons. The third-order valence-electron chi connectivity index (χ3n) is 5.08. The molecule has 38 heavy (non-hydrogen) atoms.